The summed E-state index contributed by atoms with van der Waals surface area (Å²) in [6.45, 7) is 1.68. The molecule has 3 rings (SSSR count). The lowest BCUT2D eigenvalue weighted by atomic mass is 10.1. The van der Waals surface area contributed by atoms with Crippen LogP contribution in [0.1, 0.15) is 16.7 Å². The fraction of sp³-hybridized carbons (Fsp3) is 0.208. The molecule has 0 bridgehead atoms. The van der Waals surface area contributed by atoms with Gasteiger partial charge in [0.1, 0.15) is 11.8 Å². The van der Waals surface area contributed by atoms with Crippen molar-refractivity contribution in [1.82, 2.24) is 4.72 Å². The standard InChI is InChI=1S/C24H23F3N2O4S/c1-16-13-20(11-12-22(16)33-2)34(31,32)29-21(14-17-7-4-3-5-8-17)23(30)28-19-10-6-9-18(15-19)24(25,26)27/h3-13,15,21,29H,14H2,1-2H3,(H,28,30). The van der Waals surface area contributed by atoms with Gasteiger partial charge in [0.05, 0.1) is 17.6 Å². The van der Waals surface area contributed by atoms with Gasteiger partial charge in [-0.3, -0.25) is 4.79 Å². The predicted molar refractivity (Wildman–Crippen MR) is 122 cm³/mol. The number of hydrogen-bond donors (Lipinski definition) is 2. The van der Waals surface area contributed by atoms with Crippen molar-refractivity contribution < 1.29 is 31.1 Å². The molecule has 180 valence electrons. The summed E-state index contributed by atoms with van der Waals surface area (Å²) in [6, 6.07) is 15.8. The van der Waals surface area contributed by atoms with Gasteiger partial charge in [0.2, 0.25) is 15.9 Å². The molecule has 0 radical (unpaired) electrons. The number of carbonyl (C=O) groups is 1. The van der Waals surface area contributed by atoms with Gasteiger partial charge >= 0.3 is 6.18 Å². The number of rotatable bonds is 8. The van der Waals surface area contributed by atoms with E-state index in [2.05, 4.69) is 10.0 Å². The highest BCUT2D eigenvalue weighted by Gasteiger charge is 2.31. The summed E-state index contributed by atoms with van der Waals surface area (Å²) in [5, 5.41) is 2.39. The number of ether oxygens (including phenoxy) is 1. The third kappa shape index (κ3) is 6.36. The second-order valence-electron chi connectivity index (χ2n) is 7.56. The Morgan fingerprint density at radius 3 is 2.32 bits per heavy atom. The first-order chi connectivity index (χ1) is 16.0. The average molecular weight is 493 g/mol. The van der Waals surface area contributed by atoms with Gasteiger partial charge < -0.3 is 10.1 Å². The SMILES string of the molecule is COc1ccc(S(=O)(=O)NC(Cc2ccccc2)C(=O)Nc2cccc(C(F)(F)F)c2)cc1C. The van der Waals surface area contributed by atoms with Crippen LogP contribution in [0.25, 0.3) is 0 Å². The van der Waals surface area contributed by atoms with Crippen LogP contribution in [-0.2, 0) is 27.4 Å². The Balaban J connectivity index is 1.89. The highest BCUT2D eigenvalue weighted by Crippen LogP contribution is 2.30. The molecule has 3 aromatic carbocycles. The Morgan fingerprint density at radius 2 is 1.71 bits per heavy atom. The zero-order chi connectivity index (χ0) is 24.9. The quantitative estimate of drug-likeness (QED) is 0.483. The summed E-state index contributed by atoms with van der Waals surface area (Å²) in [7, 11) is -2.68. The van der Waals surface area contributed by atoms with Gasteiger partial charge in [0.15, 0.2) is 0 Å². The van der Waals surface area contributed by atoms with Gasteiger partial charge in [-0.15, -0.1) is 0 Å². The van der Waals surface area contributed by atoms with E-state index in [1.165, 1.54) is 31.4 Å². The van der Waals surface area contributed by atoms with E-state index in [1.54, 1.807) is 37.3 Å². The lowest BCUT2D eigenvalue weighted by molar-refractivity contribution is -0.137. The third-order valence-corrected chi connectivity index (χ3v) is 6.50. The topological polar surface area (TPSA) is 84.5 Å². The van der Waals surface area contributed by atoms with Crippen molar-refractivity contribution >= 4 is 21.6 Å². The molecule has 0 aromatic heterocycles. The van der Waals surface area contributed by atoms with Crippen molar-refractivity contribution in [3.05, 3.63) is 89.5 Å². The van der Waals surface area contributed by atoms with E-state index in [4.69, 9.17) is 4.74 Å². The maximum Gasteiger partial charge on any atom is 0.416 e. The first-order valence-electron chi connectivity index (χ1n) is 10.2. The van der Waals surface area contributed by atoms with Crippen LogP contribution in [-0.4, -0.2) is 27.5 Å². The molecule has 0 saturated carbocycles. The number of methoxy groups -OCH3 is 1. The van der Waals surface area contributed by atoms with Crippen LogP contribution >= 0.6 is 0 Å². The van der Waals surface area contributed by atoms with E-state index < -0.39 is 33.7 Å². The highest BCUT2D eigenvalue weighted by molar-refractivity contribution is 7.89. The van der Waals surface area contributed by atoms with Gasteiger partial charge in [-0.1, -0.05) is 36.4 Å². The summed E-state index contributed by atoms with van der Waals surface area (Å²) in [6.07, 6.45) is -4.60. The Kier molecular flexibility index (Phi) is 7.63. The third-order valence-electron chi connectivity index (χ3n) is 5.03. The van der Waals surface area contributed by atoms with E-state index in [1.807, 2.05) is 0 Å². The maximum atomic E-state index is 13.0. The zero-order valence-corrected chi connectivity index (χ0v) is 19.2. The maximum absolute atomic E-state index is 13.0. The number of aryl methyl sites for hydroxylation is 1. The van der Waals surface area contributed by atoms with E-state index >= 15 is 0 Å². The van der Waals surface area contributed by atoms with Crippen LogP contribution < -0.4 is 14.8 Å². The van der Waals surface area contributed by atoms with E-state index in [0.29, 0.717) is 16.9 Å². The largest absolute Gasteiger partial charge is 0.496 e. The summed E-state index contributed by atoms with van der Waals surface area (Å²) < 4.78 is 72.7. The van der Waals surface area contributed by atoms with Crippen molar-refractivity contribution in [3.63, 3.8) is 0 Å². The Labute approximate surface area is 195 Å². The van der Waals surface area contributed by atoms with Gasteiger partial charge in [0.25, 0.3) is 0 Å². The summed E-state index contributed by atoms with van der Waals surface area (Å²) >= 11 is 0. The van der Waals surface area contributed by atoms with E-state index in [-0.39, 0.29) is 17.0 Å². The van der Waals surface area contributed by atoms with E-state index in [0.717, 1.165) is 18.2 Å². The number of carbonyl (C=O) groups excluding carboxylic acids is 1. The number of hydrogen-bond acceptors (Lipinski definition) is 4. The molecule has 6 nitrogen and oxygen atoms in total. The Bertz CT molecular complexity index is 1260. The lowest BCUT2D eigenvalue weighted by Gasteiger charge is -2.20. The molecule has 1 atom stereocenters. The molecule has 0 spiro atoms. The second-order valence-corrected chi connectivity index (χ2v) is 9.28. The number of amides is 1. The van der Waals surface area contributed by atoms with Gasteiger partial charge in [0, 0.05) is 5.69 Å². The number of benzene rings is 3. The molecule has 0 saturated heterocycles. The number of sulfonamides is 1. The Morgan fingerprint density at radius 1 is 1.00 bits per heavy atom. The molecular formula is C24H23F3N2O4S. The predicted octanol–water partition coefficient (Wildman–Crippen LogP) is 4.55. The number of alkyl halides is 3. The molecule has 34 heavy (non-hydrogen) atoms. The molecular weight excluding hydrogens is 469 g/mol. The van der Waals surface area contributed by atoms with Gasteiger partial charge in [-0.05, 0) is 60.9 Å². The smallest absolute Gasteiger partial charge is 0.416 e. The molecule has 0 heterocycles. The minimum atomic E-state index is -4.59. The van der Waals surface area contributed by atoms with Gasteiger partial charge in [-0.25, -0.2) is 8.42 Å². The number of halogens is 3. The van der Waals surface area contributed by atoms with Crippen molar-refractivity contribution in [2.45, 2.75) is 30.5 Å². The molecule has 0 fully saturated rings. The van der Waals surface area contributed by atoms with Crippen molar-refractivity contribution in [2.24, 2.45) is 0 Å². The van der Waals surface area contributed by atoms with Crippen molar-refractivity contribution in [2.75, 3.05) is 12.4 Å². The fourth-order valence-corrected chi connectivity index (χ4v) is 4.59. The summed E-state index contributed by atoms with van der Waals surface area (Å²) in [5.74, 6) is -0.293. The van der Waals surface area contributed by atoms with Crippen LogP contribution in [0.2, 0.25) is 0 Å². The van der Waals surface area contributed by atoms with Crippen molar-refractivity contribution in [3.8, 4) is 5.75 Å². The molecule has 0 aliphatic heterocycles. The minimum Gasteiger partial charge on any atom is -0.496 e. The molecule has 1 unspecified atom stereocenters. The van der Waals surface area contributed by atoms with Gasteiger partial charge in [-0.2, -0.15) is 17.9 Å². The summed E-state index contributed by atoms with van der Waals surface area (Å²) in [4.78, 5) is 12.9. The Hall–Kier alpha value is -3.37. The molecule has 1 amide bonds. The fourth-order valence-electron chi connectivity index (χ4n) is 3.31. The van der Waals surface area contributed by atoms with Crippen LogP contribution in [0.5, 0.6) is 5.75 Å². The molecule has 0 aliphatic carbocycles. The molecule has 0 aliphatic rings. The number of anilines is 1. The van der Waals surface area contributed by atoms with Crippen LogP contribution in [0.4, 0.5) is 18.9 Å². The summed E-state index contributed by atoms with van der Waals surface area (Å²) in [5.41, 5.74) is 0.218. The van der Waals surface area contributed by atoms with Crippen molar-refractivity contribution in [1.29, 1.82) is 0 Å². The van der Waals surface area contributed by atoms with Crippen LogP contribution in [0.3, 0.4) is 0 Å². The van der Waals surface area contributed by atoms with E-state index in [9.17, 15) is 26.4 Å². The molecule has 10 heteroatoms. The molecule has 3 aromatic rings. The highest BCUT2D eigenvalue weighted by atomic mass is 32.2. The minimum absolute atomic E-state index is 0.0139. The number of nitrogens with one attached hydrogen (secondary N) is 2. The monoisotopic (exact) mass is 492 g/mol. The first-order valence-corrected chi connectivity index (χ1v) is 11.7. The van der Waals surface area contributed by atoms with Crippen LogP contribution in [0.15, 0.2) is 77.7 Å². The zero-order valence-electron chi connectivity index (χ0n) is 18.4. The average Bonchev–Trinajstić information content (AvgIpc) is 2.78. The molecule has 2 N–H and O–H groups in total. The normalized spacial score (nSPS) is 12.7. The lowest BCUT2D eigenvalue weighted by Crippen LogP contribution is -2.45. The second kappa shape index (κ2) is 10.3. The first kappa shape index (κ1) is 25.3. The van der Waals surface area contributed by atoms with Crippen LogP contribution in [0, 0.1) is 6.92 Å².